The number of allylic oxidation sites excluding steroid dienone is 3. The van der Waals surface area contributed by atoms with E-state index in [0.29, 0.717) is 0 Å². The Bertz CT molecular complexity index is 2450. The molecule has 0 saturated carbocycles. The third-order valence-corrected chi connectivity index (χ3v) is 10.2. The largest absolute Gasteiger partial charge is 0.368 e. The van der Waals surface area contributed by atoms with Gasteiger partial charge in [-0.1, -0.05) is 133 Å². The zero-order valence-electron chi connectivity index (χ0n) is 27.1. The van der Waals surface area contributed by atoms with Gasteiger partial charge in [0, 0.05) is 18.3 Å². The van der Waals surface area contributed by atoms with Crippen molar-refractivity contribution >= 4 is 48.9 Å². The molecule has 0 amide bonds. The first-order valence-electron chi connectivity index (χ1n) is 16.7. The number of rotatable bonds is 4. The van der Waals surface area contributed by atoms with Crippen LogP contribution in [-0.2, 0) is 0 Å². The first-order valence-corrected chi connectivity index (χ1v) is 16.7. The van der Waals surface area contributed by atoms with Gasteiger partial charge in [-0.25, -0.2) is 4.99 Å². The van der Waals surface area contributed by atoms with E-state index in [-0.39, 0.29) is 18.4 Å². The molecule has 2 aliphatic heterocycles. The van der Waals surface area contributed by atoms with Crippen molar-refractivity contribution in [3.8, 4) is 0 Å². The Hall–Kier alpha value is -5.71. The zero-order chi connectivity index (χ0) is 32.2. The Kier molecular flexibility index (Phi) is 6.84. The third kappa shape index (κ3) is 4.93. The highest BCUT2D eigenvalue weighted by Gasteiger charge is 2.26. The first kappa shape index (κ1) is 28.5. The zero-order valence-corrected chi connectivity index (χ0v) is 27.1. The molecule has 0 bridgehead atoms. The maximum atomic E-state index is 5.35. The Morgan fingerprint density at radius 1 is 0.583 bits per heavy atom. The molecule has 232 valence electrons. The van der Waals surface area contributed by atoms with Crippen molar-refractivity contribution in [2.24, 2.45) is 4.99 Å². The molecule has 0 aliphatic carbocycles. The molecule has 0 spiro atoms. The minimum absolute atomic E-state index is 0.135. The summed E-state index contributed by atoms with van der Waals surface area (Å²) in [5.74, 6) is 0.886. The fourth-order valence-corrected chi connectivity index (χ4v) is 7.37. The van der Waals surface area contributed by atoms with Crippen LogP contribution in [0.2, 0.25) is 0 Å². The lowest BCUT2D eigenvalue weighted by atomic mass is 9.97. The van der Waals surface area contributed by atoms with Gasteiger partial charge in [0.15, 0.2) is 0 Å². The number of fused-ring (bicyclic) bond motifs is 6. The molecule has 7 aromatic carbocycles. The van der Waals surface area contributed by atoms with Gasteiger partial charge in [0.05, 0.1) is 6.04 Å². The first-order chi connectivity index (χ1) is 23.6. The molecule has 0 fully saturated rings. The molecule has 3 unspecified atom stereocenters. The lowest BCUT2D eigenvalue weighted by Crippen LogP contribution is -2.45. The lowest BCUT2D eigenvalue weighted by molar-refractivity contribution is 0.356. The van der Waals surface area contributed by atoms with Crippen molar-refractivity contribution in [1.29, 1.82) is 0 Å². The molecule has 2 N–H and O–H groups in total. The van der Waals surface area contributed by atoms with Gasteiger partial charge < -0.3 is 10.2 Å². The summed E-state index contributed by atoms with van der Waals surface area (Å²) in [4.78, 5) is 7.67. The van der Waals surface area contributed by atoms with Gasteiger partial charge in [0.2, 0.25) is 0 Å². The van der Waals surface area contributed by atoms with E-state index in [1.54, 1.807) is 0 Å². The highest BCUT2D eigenvalue weighted by molar-refractivity contribution is 6.11. The number of nitrogens with zero attached hydrogens (tertiary/aromatic N) is 2. The Morgan fingerprint density at radius 3 is 1.85 bits per heavy atom. The van der Waals surface area contributed by atoms with Gasteiger partial charge in [-0.05, 0) is 84.9 Å². The van der Waals surface area contributed by atoms with Gasteiger partial charge in [0.25, 0.3) is 0 Å². The molecule has 2 heterocycles. The van der Waals surface area contributed by atoms with E-state index < -0.39 is 0 Å². The topological polar surface area (TPSA) is 39.7 Å². The van der Waals surface area contributed by atoms with Gasteiger partial charge in [-0.15, -0.1) is 0 Å². The monoisotopic (exact) mass is 620 g/mol. The molecule has 4 nitrogen and oxygen atoms in total. The number of hydrogen-bond donors (Lipinski definition) is 2. The minimum atomic E-state index is -0.238. The molecule has 4 heteroatoms. The Balaban J connectivity index is 1.14. The van der Waals surface area contributed by atoms with Crippen molar-refractivity contribution in [1.82, 2.24) is 15.5 Å². The third-order valence-electron chi connectivity index (χ3n) is 10.2. The molecule has 9 rings (SSSR count). The van der Waals surface area contributed by atoms with Gasteiger partial charge in [-0.3, -0.25) is 5.32 Å². The fourth-order valence-electron chi connectivity index (χ4n) is 7.37. The summed E-state index contributed by atoms with van der Waals surface area (Å²) in [6, 6.07) is 48.8. The smallest absolute Gasteiger partial charge is 0.131 e. The van der Waals surface area contributed by atoms with Crippen molar-refractivity contribution in [3.05, 3.63) is 180 Å². The summed E-state index contributed by atoms with van der Waals surface area (Å²) in [6.45, 7) is 2.16. The van der Waals surface area contributed by atoms with Crippen LogP contribution in [0.1, 0.15) is 47.6 Å². The number of likely N-dealkylation sites (N-methyl/N-ethyl adjacent to an activating group) is 1. The molecular formula is C44H36N4. The van der Waals surface area contributed by atoms with Gasteiger partial charge >= 0.3 is 0 Å². The van der Waals surface area contributed by atoms with E-state index in [4.69, 9.17) is 4.99 Å². The molecule has 2 aliphatic rings. The predicted octanol–water partition coefficient (Wildman–Crippen LogP) is 10.1. The second-order valence-electron chi connectivity index (χ2n) is 13.0. The van der Waals surface area contributed by atoms with Crippen molar-refractivity contribution < 1.29 is 0 Å². The quantitative estimate of drug-likeness (QED) is 0.192. The molecule has 0 saturated heterocycles. The number of benzene rings is 7. The number of hydrogen-bond acceptors (Lipinski definition) is 4. The molecule has 7 aromatic rings. The van der Waals surface area contributed by atoms with E-state index in [9.17, 15) is 0 Å². The maximum absolute atomic E-state index is 5.35. The second kappa shape index (κ2) is 11.5. The predicted molar refractivity (Wildman–Crippen MR) is 201 cm³/mol. The fraction of sp³-hybridized carbons (Fsp3) is 0.114. The van der Waals surface area contributed by atoms with Crippen molar-refractivity contribution in [2.45, 2.75) is 25.3 Å². The standard InChI is InChI=1S/C44H36N4/c1-28-8-7-13-41(48(28)2)33-20-22-34(23-21-33)42-45-43(35-24-18-31-16-14-29-9-3-5-11-37(29)39(31)26-35)47-44(46-42)36-25-19-32-17-15-30-10-4-6-12-38(30)40(32)27-36/h3-27,41-43,45H,1-2H3,(H,46,47). The summed E-state index contributed by atoms with van der Waals surface area (Å²) in [5, 5.41) is 17.6. The van der Waals surface area contributed by atoms with Crippen LogP contribution in [0.25, 0.3) is 43.1 Å². The van der Waals surface area contributed by atoms with Crippen LogP contribution in [0.4, 0.5) is 0 Å². The SMILES string of the molecule is CC1=CC=CC(c2ccc(C3NC(c4ccc5ccc6ccccc6c5c4)=NC(c4ccc5ccc6ccccc6c5c4)N3)cc2)N1C. The van der Waals surface area contributed by atoms with Crippen LogP contribution in [0.5, 0.6) is 0 Å². The highest BCUT2D eigenvalue weighted by atomic mass is 15.3. The van der Waals surface area contributed by atoms with Gasteiger partial charge in [-0.2, -0.15) is 0 Å². The normalized spacial score (nSPS) is 19.5. The van der Waals surface area contributed by atoms with E-state index in [1.165, 1.54) is 59.9 Å². The molecule has 3 atom stereocenters. The van der Waals surface area contributed by atoms with Crippen LogP contribution >= 0.6 is 0 Å². The lowest BCUT2D eigenvalue weighted by Gasteiger charge is -2.33. The average Bonchev–Trinajstić information content (AvgIpc) is 3.15. The van der Waals surface area contributed by atoms with Crippen LogP contribution < -0.4 is 10.6 Å². The molecule has 0 radical (unpaired) electrons. The number of aliphatic imine (C=N–C) groups is 1. The molecular weight excluding hydrogens is 585 g/mol. The summed E-state index contributed by atoms with van der Waals surface area (Å²) in [7, 11) is 2.16. The maximum Gasteiger partial charge on any atom is 0.131 e. The van der Waals surface area contributed by atoms with E-state index in [1.807, 2.05) is 0 Å². The van der Waals surface area contributed by atoms with Crippen molar-refractivity contribution in [3.63, 3.8) is 0 Å². The highest BCUT2D eigenvalue weighted by Crippen LogP contribution is 2.33. The van der Waals surface area contributed by atoms with E-state index in [0.717, 1.165) is 17.0 Å². The summed E-state index contributed by atoms with van der Waals surface area (Å²) >= 11 is 0. The van der Waals surface area contributed by atoms with E-state index in [2.05, 4.69) is 181 Å². The van der Waals surface area contributed by atoms with Crippen molar-refractivity contribution in [2.75, 3.05) is 7.05 Å². The number of amidine groups is 1. The Morgan fingerprint density at radius 2 is 1.15 bits per heavy atom. The Labute approximate surface area is 280 Å². The number of nitrogens with one attached hydrogen (secondary N) is 2. The van der Waals surface area contributed by atoms with E-state index >= 15 is 0 Å². The van der Waals surface area contributed by atoms with Crippen LogP contribution in [-0.4, -0.2) is 17.8 Å². The minimum Gasteiger partial charge on any atom is -0.368 e. The van der Waals surface area contributed by atoms with Crippen LogP contribution in [0.3, 0.4) is 0 Å². The van der Waals surface area contributed by atoms with Crippen LogP contribution in [0.15, 0.2) is 162 Å². The van der Waals surface area contributed by atoms with Gasteiger partial charge in [0.1, 0.15) is 18.2 Å². The average molecular weight is 621 g/mol. The summed E-state index contributed by atoms with van der Waals surface area (Å²) in [5.41, 5.74) is 5.92. The second-order valence-corrected chi connectivity index (χ2v) is 13.0. The van der Waals surface area contributed by atoms with Crippen LogP contribution in [0, 0.1) is 0 Å². The summed E-state index contributed by atoms with van der Waals surface area (Å²) < 4.78 is 0. The molecule has 0 aromatic heterocycles. The molecule has 48 heavy (non-hydrogen) atoms. The summed E-state index contributed by atoms with van der Waals surface area (Å²) in [6.07, 6.45) is 6.20.